The molecule has 1 aliphatic carbocycles. The molecule has 2 aliphatic rings. The van der Waals surface area contributed by atoms with Crippen LogP contribution in [-0.2, 0) is 32.2 Å². The molecule has 9 heteroatoms. The zero-order chi connectivity index (χ0) is 39.1. The third-order valence-corrected chi connectivity index (χ3v) is 11.0. The van der Waals surface area contributed by atoms with E-state index in [4.69, 9.17) is 15.2 Å². The molecule has 1 aliphatic heterocycles. The molecule has 3 atom stereocenters. The van der Waals surface area contributed by atoms with Crippen molar-refractivity contribution >= 4 is 23.2 Å². The maximum atomic E-state index is 12.7. The largest absolute Gasteiger partial charge is 0.397 e. The summed E-state index contributed by atoms with van der Waals surface area (Å²) in [5, 5.41) is 15.6. The molecule has 2 amide bonds. The van der Waals surface area contributed by atoms with Crippen molar-refractivity contribution < 1.29 is 24.2 Å². The smallest absolute Gasteiger partial charge is 0.224 e. The molecule has 5 N–H and O–H groups in total. The molecule has 4 aromatic rings. The van der Waals surface area contributed by atoms with Gasteiger partial charge in [-0.05, 0) is 77.8 Å². The highest BCUT2D eigenvalue weighted by Crippen LogP contribution is 2.39. The van der Waals surface area contributed by atoms with Gasteiger partial charge in [0, 0.05) is 50.5 Å². The summed E-state index contributed by atoms with van der Waals surface area (Å²) in [7, 11) is 0. The van der Waals surface area contributed by atoms with E-state index in [-0.39, 0.29) is 30.6 Å². The van der Waals surface area contributed by atoms with Crippen LogP contribution < -0.4 is 16.4 Å². The number of para-hydroxylation sites is 2. The third kappa shape index (κ3) is 11.9. The molecular formula is C47H58N4O5. The Bertz CT molecular complexity index is 1870. The highest BCUT2D eigenvalue weighted by Gasteiger charge is 2.34. The fourth-order valence-electron chi connectivity index (χ4n) is 7.87. The van der Waals surface area contributed by atoms with Crippen LogP contribution in [0.15, 0.2) is 110 Å². The molecule has 6 rings (SSSR count). The normalized spacial score (nSPS) is 18.5. The monoisotopic (exact) mass is 758 g/mol. The van der Waals surface area contributed by atoms with E-state index in [9.17, 15) is 14.7 Å². The number of nitrogens with zero attached hydrogens (tertiary/aromatic N) is 1. The van der Waals surface area contributed by atoms with E-state index in [0.29, 0.717) is 36.8 Å². The molecule has 0 unspecified atom stereocenters. The Morgan fingerprint density at radius 2 is 1.52 bits per heavy atom. The van der Waals surface area contributed by atoms with Gasteiger partial charge in [-0.15, -0.1) is 6.58 Å². The maximum absolute atomic E-state index is 12.7. The molecular weight excluding hydrogens is 701 g/mol. The minimum atomic E-state index is -0.543. The second-order valence-corrected chi connectivity index (χ2v) is 15.2. The van der Waals surface area contributed by atoms with Gasteiger partial charge >= 0.3 is 0 Å². The average Bonchev–Trinajstić information content (AvgIpc) is 3.78. The van der Waals surface area contributed by atoms with Crippen molar-refractivity contribution in [2.75, 3.05) is 24.1 Å². The van der Waals surface area contributed by atoms with Crippen molar-refractivity contribution in [3.63, 3.8) is 0 Å². The van der Waals surface area contributed by atoms with Crippen molar-refractivity contribution in [1.82, 2.24) is 10.2 Å². The molecule has 0 radical (unpaired) electrons. The Balaban J connectivity index is 1.02. The first kappa shape index (κ1) is 40.9. The topological polar surface area (TPSA) is 126 Å². The van der Waals surface area contributed by atoms with Crippen LogP contribution in [0.5, 0.6) is 0 Å². The van der Waals surface area contributed by atoms with Crippen molar-refractivity contribution in [3.05, 3.63) is 132 Å². The Kier molecular flexibility index (Phi) is 15.3. The van der Waals surface area contributed by atoms with Gasteiger partial charge in [-0.2, -0.15) is 0 Å². The highest BCUT2D eigenvalue weighted by molar-refractivity contribution is 5.93. The molecule has 0 bridgehead atoms. The number of nitrogens with two attached hydrogens (primary N) is 1. The zero-order valence-electron chi connectivity index (χ0n) is 32.5. The number of hydrogen-bond acceptors (Lipinski definition) is 7. The van der Waals surface area contributed by atoms with E-state index in [1.54, 1.807) is 12.1 Å². The Labute approximate surface area is 332 Å². The molecule has 1 heterocycles. The lowest BCUT2D eigenvalue weighted by Gasteiger charge is -2.39. The third-order valence-electron chi connectivity index (χ3n) is 11.0. The van der Waals surface area contributed by atoms with Crippen LogP contribution in [0.1, 0.15) is 105 Å². The number of nitrogens with one attached hydrogen (secondary N) is 2. The number of benzene rings is 4. The number of rotatable bonds is 19. The fourth-order valence-corrected chi connectivity index (χ4v) is 7.87. The summed E-state index contributed by atoms with van der Waals surface area (Å²) in [6, 6.07) is 32.5. The average molecular weight is 759 g/mol. The van der Waals surface area contributed by atoms with Crippen molar-refractivity contribution in [2.24, 2.45) is 0 Å². The molecule has 2 fully saturated rings. The number of amides is 2. The van der Waals surface area contributed by atoms with Crippen molar-refractivity contribution in [3.8, 4) is 11.1 Å². The summed E-state index contributed by atoms with van der Waals surface area (Å²) in [4.78, 5) is 27.5. The number of carbonyl (C=O) groups excluding carboxylic acids is 2. The predicted octanol–water partition coefficient (Wildman–Crippen LogP) is 9.00. The van der Waals surface area contributed by atoms with Crippen molar-refractivity contribution in [1.29, 1.82) is 0 Å². The molecule has 1 saturated heterocycles. The minimum absolute atomic E-state index is 0.00931. The van der Waals surface area contributed by atoms with E-state index < -0.39 is 6.29 Å². The number of hydrogen-bond donors (Lipinski definition) is 4. The lowest BCUT2D eigenvalue weighted by molar-refractivity contribution is -0.253. The second-order valence-electron chi connectivity index (χ2n) is 15.2. The number of carbonyl (C=O) groups is 2. The first-order valence-electron chi connectivity index (χ1n) is 20.3. The van der Waals surface area contributed by atoms with Gasteiger partial charge in [-0.1, -0.05) is 105 Å². The number of ether oxygens (including phenoxy) is 2. The molecule has 1 saturated carbocycles. The van der Waals surface area contributed by atoms with Crippen LogP contribution >= 0.6 is 0 Å². The van der Waals surface area contributed by atoms with E-state index in [1.165, 1.54) is 25.7 Å². The first-order valence-corrected chi connectivity index (χ1v) is 20.3. The Hall–Kier alpha value is -4.80. The molecule has 56 heavy (non-hydrogen) atoms. The van der Waals surface area contributed by atoms with Crippen LogP contribution in [0.2, 0.25) is 0 Å². The van der Waals surface area contributed by atoms with Crippen LogP contribution in [-0.4, -0.2) is 47.1 Å². The van der Waals surface area contributed by atoms with Gasteiger partial charge < -0.3 is 30.9 Å². The van der Waals surface area contributed by atoms with Crippen LogP contribution in [0.25, 0.3) is 11.1 Å². The number of anilines is 2. The molecule has 0 aromatic heterocycles. The molecule has 296 valence electrons. The highest BCUT2D eigenvalue weighted by atomic mass is 16.7. The lowest BCUT2D eigenvalue weighted by atomic mass is 9.98. The van der Waals surface area contributed by atoms with Crippen LogP contribution in [0.4, 0.5) is 11.4 Å². The predicted molar refractivity (Wildman–Crippen MR) is 223 cm³/mol. The van der Waals surface area contributed by atoms with Crippen molar-refractivity contribution in [2.45, 2.75) is 108 Å². The summed E-state index contributed by atoms with van der Waals surface area (Å²) in [5.41, 5.74) is 13.2. The van der Waals surface area contributed by atoms with Gasteiger partial charge in [0.15, 0.2) is 6.29 Å². The van der Waals surface area contributed by atoms with Gasteiger partial charge in [0.25, 0.3) is 0 Å². The second kappa shape index (κ2) is 20.9. The Morgan fingerprint density at radius 3 is 2.25 bits per heavy atom. The first-order chi connectivity index (χ1) is 27.4. The zero-order valence-corrected chi connectivity index (χ0v) is 32.5. The maximum Gasteiger partial charge on any atom is 0.224 e. The molecule has 0 spiro atoms. The number of aliphatic hydroxyl groups excluding tert-OH is 1. The summed E-state index contributed by atoms with van der Waals surface area (Å²) in [6.07, 6.45) is 11.2. The summed E-state index contributed by atoms with van der Waals surface area (Å²) in [6.45, 7) is 6.16. The summed E-state index contributed by atoms with van der Waals surface area (Å²) >= 11 is 0. The molecule has 4 aromatic carbocycles. The van der Waals surface area contributed by atoms with Gasteiger partial charge in [-0.3, -0.25) is 14.5 Å². The quantitative estimate of drug-likeness (QED) is 0.0427. The van der Waals surface area contributed by atoms with Gasteiger partial charge in [0.2, 0.25) is 11.8 Å². The standard InChI is InChI=1S/C47H58N4O5/c1-2-27-51(40-17-7-8-18-40)32-41-30-44(36-25-23-34(33-52)24-26-36)56-47(55-41)39-16-12-15-38(29-39)37-14-11-13-35(28-37)31-49-45(53)21-5-3-4-6-22-46(54)50-43-20-10-9-19-42(43)48/h2,9-16,19-20,23-26,28-29,40-41,44,47,52H,1,3-8,17-18,21-22,27,30-33,48H2,(H,49,53)(H,50,54)/t41-,44+,47+/m1/s1. The van der Waals surface area contributed by atoms with E-state index in [1.807, 2.05) is 42.5 Å². The number of nitrogen functional groups attached to an aromatic ring is 1. The van der Waals surface area contributed by atoms with Crippen LogP contribution in [0, 0.1) is 0 Å². The van der Waals surface area contributed by atoms with E-state index in [0.717, 1.165) is 78.6 Å². The number of aliphatic hydroxyl groups is 1. The van der Waals surface area contributed by atoms with E-state index in [2.05, 4.69) is 70.6 Å². The minimum Gasteiger partial charge on any atom is -0.397 e. The summed E-state index contributed by atoms with van der Waals surface area (Å²) in [5.74, 6) is -0.0224. The fraction of sp³-hybridized carbons (Fsp3) is 0.404. The lowest BCUT2D eigenvalue weighted by Crippen LogP contribution is -2.43. The molecule has 9 nitrogen and oxygen atoms in total. The van der Waals surface area contributed by atoms with Gasteiger partial charge in [-0.25, -0.2) is 0 Å². The van der Waals surface area contributed by atoms with Crippen LogP contribution in [0.3, 0.4) is 0 Å². The van der Waals surface area contributed by atoms with E-state index >= 15 is 0 Å². The van der Waals surface area contributed by atoms with Gasteiger partial charge in [0.1, 0.15) is 0 Å². The SMILES string of the molecule is C=CCN(C[C@H]1C[C@@H](c2ccc(CO)cc2)O[C@@H](c2cccc(-c3cccc(CNC(=O)CCCCCCC(=O)Nc4ccccc4N)c3)c2)O1)C1CCCC1. The van der Waals surface area contributed by atoms with Gasteiger partial charge in [0.05, 0.1) is 30.2 Å². The summed E-state index contributed by atoms with van der Waals surface area (Å²) < 4.78 is 13.5. The number of unbranched alkanes of at least 4 members (excludes halogenated alkanes) is 3. The Morgan fingerprint density at radius 1 is 0.804 bits per heavy atom.